The zero-order chi connectivity index (χ0) is 30.0. The molecule has 0 bridgehead atoms. The van der Waals surface area contributed by atoms with Gasteiger partial charge in [0.15, 0.2) is 17.3 Å². The highest BCUT2D eigenvalue weighted by atomic mass is 16.5. The van der Waals surface area contributed by atoms with Crippen LogP contribution in [0, 0.1) is 0 Å². The molecule has 224 valence electrons. The van der Waals surface area contributed by atoms with Gasteiger partial charge in [-0.1, -0.05) is 73.9 Å². The van der Waals surface area contributed by atoms with Gasteiger partial charge in [0.05, 0.1) is 18.9 Å². The number of benzene rings is 3. The standard InChI is InChI=1S/C37H42N2O4/c1-3-42-34-21-19-30(24-35(34)43-4-2)33(40)20-22-37(41)39-36-25-31(23-32(38-36)29-13-9-6-10-14-29)28-17-15-27(16-18-28)26-11-7-5-8-12-26/h6,9-10,13-19,21,24-26,31H,3-5,7-8,11-12,20,22-23H2,1-2H3,(H,39,41). The van der Waals surface area contributed by atoms with Gasteiger partial charge in [-0.25, -0.2) is 4.99 Å². The van der Waals surface area contributed by atoms with Gasteiger partial charge in [-0.3, -0.25) is 9.59 Å². The second-order valence-corrected chi connectivity index (χ2v) is 11.3. The van der Waals surface area contributed by atoms with E-state index in [1.54, 1.807) is 18.2 Å². The van der Waals surface area contributed by atoms with Crippen LogP contribution >= 0.6 is 0 Å². The third kappa shape index (κ3) is 8.01. The lowest BCUT2D eigenvalue weighted by atomic mass is 9.82. The Labute approximate surface area is 255 Å². The topological polar surface area (TPSA) is 77.0 Å². The zero-order valence-electron chi connectivity index (χ0n) is 25.3. The lowest BCUT2D eigenvalue weighted by molar-refractivity contribution is -0.120. The van der Waals surface area contributed by atoms with E-state index in [0.29, 0.717) is 42.0 Å². The number of carbonyl (C=O) groups is 2. The van der Waals surface area contributed by atoms with Crippen LogP contribution in [-0.2, 0) is 4.79 Å². The van der Waals surface area contributed by atoms with Crippen molar-refractivity contribution >= 4 is 17.4 Å². The van der Waals surface area contributed by atoms with Gasteiger partial charge >= 0.3 is 0 Å². The molecule has 0 aromatic heterocycles. The molecule has 43 heavy (non-hydrogen) atoms. The predicted molar refractivity (Wildman–Crippen MR) is 171 cm³/mol. The van der Waals surface area contributed by atoms with Crippen molar-refractivity contribution in [3.05, 3.63) is 107 Å². The molecule has 1 amide bonds. The highest BCUT2D eigenvalue weighted by Crippen LogP contribution is 2.35. The summed E-state index contributed by atoms with van der Waals surface area (Å²) >= 11 is 0. The first-order valence-corrected chi connectivity index (χ1v) is 15.7. The molecule has 1 aliphatic carbocycles. The Balaban J connectivity index is 1.27. The van der Waals surface area contributed by atoms with Gasteiger partial charge in [-0.2, -0.15) is 0 Å². The lowest BCUT2D eigenvalue weighted by Crippen LogP contribution is -2.26. The Morgan fingerprint density at radius 3 is 2.23 bits per heavy atom. The third-order valence-electron chi connectivity index (χ3n) is 8.29. The monoisotopic (exact) mass is 578 g/mol. The average Bonchev–Trinajstić information content (AvgIpc) is 3.05. The molecule has 0 radical (unpaired) electrons. The molecule has 5 rings (SSSR count). The molecule has 3 aromatic rings. The van der Waals surface area contributed by atoms with E-state index >= 15 is 0 Å². The van der Waals surface area contributed by atoms with Gasteiger partial charge in [-0.15, -0.1) is 0 Å². The number of ether oxygens (including phenoxy) is 2. The number of Topliss-reactive ketones (excluding diaryl/α,β-unsaturated/α-hetero) is 1. The molecule has 1 atom stereocenters. The molecule has 2 aliphatic rings. The highest BCUT2D eigenvalue weighted by molar-refractivity contribution is 6.03. The van der Waals surface area contributed by atoms with Crippen LogP contribution in [0.25, 0.3) is 0 Å². The first kappa shape index (κ1) is 30.3. The molecule has 6 nitrogen and oxygen atoms in total. The minimum Gasteiger partial charge on any atom is -0.490 e. The van der Waals surface area contributed by atoms with Gasteiger partial charge in [0.2, 0.25) is 5.91 Å². The number of nitrogens with zero attached hydrogens (tertiary/aromatic N) is 1. The first-order chi connectivity index (χ1) is 21.0. The summed E-state index contributed by atoms with van der Waals surface area (Å²) in [5, 5.41) is 2.98. The lowest BCUT2D eigenvalue weighted by Gasteiger charge is -2.24. The maximum absolute atomic E-state index is 13.0. The summed E-state index contributed by atoms with van der Waals surface area (Å²) in [4.78, 5) is 30.8. The second-order valence-electron chi connectivity index (χ2n) is 11.3. The van der Waals surface area contributed by atoms with E-state index in [1.807, 2.05) is 38.1 Å². The summed E-state index contributed by atoms with van der Waals surface area (Å²) in [6.07, 6.45) is 9.48. The molecule has 3 aromatic carbocycles. The zero-order valence-corrected chi connectivity index (χ0v) is 25.3. The molecule has 6 heteroatoms. The fraction of sp³-hybridized carbons (Fsp3) is 0.378. The van der Waals surface area contributed by atoms with Crippen molar-refractivity contribution in [1.82, 2.24) is 5.32 Å². The third-order valence-corrected chi connectivity index (χ3v) is 8.29. The molecule has 1 unspecified atom stereocenters. The summed E-state index contributed by atoms with van der Waals surface area (Å²) in [7, 11) is 0. The quantitative estimate of drug-likeness (QED) is 0.220. The summed E-state index contributed by atoms with van der Waals surface area (Å²) < 4.78 is 11.3. The van der Waals surface area contributed by atoms with Crippen LogP contribution in [0.15, 0.2) is 89.7 Å². The predicted octanol–water partition coefficient (Wildman–Crippen LogP) is 8.13. The molecule has 1 aliphatic heterocycles. The first-order valence-electron chi connectivity index (χ1n) is 15.7. The second kappa shape index (κ2) is 14.8. The number of hydrogen-bond acceptors (Lipinski definition) is 5. The van der Waals surface area contributed by atoms with Crippen molar-refractivity contribution in [3.63, 3.8) is 0 Å². The molecular formula is C37H42N2O4. The minimum atomic E-state index is -0.236. The Morgan fingerprint density at radius 1 is 0.814 bits per heavy atom. The van der Waals surface area contributed by atoms with Crippen LogP contribution in [0.3, 0.4) is 0 Å². The highest BCUT2D eigenvalue weighted by Gasteiger charge is 2.22. The van der Waals surface area contributed by atoms with Crippen molar-refractivity contribution in [3.8, 4) is 11.5 Å². The molecule has 1 fully saturated rings. The van der Waals surface area contributed by atoms with Gasteiger partial charge < -0.3 is 14.8 Å². The smallest absolute Gasteiger partial charge is 0.225 e. The molecule has 0 spiro atoms. The summed E-state index contributed by atoms with van der Waals surface area (Å²) in [5.41, 5.74) is 5.12. The Bertz CT molecular complexity index is 1450. The number of aliphatic imine (C=N–C) groups is 1. The molecule has 1 saturated carbocycles. The normalized spacial score (nSPS) is 17.0. The van der Waals surface area contributed by atoms with Crippen LogP contribution in [0.4, 0.5) is 0 Å². The number of ketones is 1. The van der Waals surface area contributed by atoms with E-state index in [4.69, 9.17) is 14.5 Å². The number of hydrogen-bond donors (Lipinski definition) is 1. The maximum Gasteiger partial charge on any atom is 0.225 e. The average molecular weight is 579 g/mol. The number of rotatable bonds is 12. The van der Waals surface area contributed by atoms with Gasteiger partial charge in [0.25, 0.3) is 0 Å². The summed E-state index contributed by atoms with van der Waals surface area (Å²) in [6, 6.07) is 24.3. The van der Waals surface area contributed by atoms with Crippen LogP contribution in [0.2, 0.25) is 0 Å². The molecule has 0 saturated heterocycles. The van der Waals surface area contributed by atoms with Gasteiger partial charge in [0, 0.05) is 30.7 Å². The van der Waals surface area contributed by atoms with E-state index in [-0.39, 0.29) is 30.4 Å². The number of allylic oxidation sites excluding steroid dienone is 1. The van der Waals surface area contributed by atoms with Crippen molar-refractivity contribution in [1.29, 1.82) is 0 Å². The fourth-order valence-corrected chi connectivity index (χ4v) is 6.04. The number of carbonyl (C=O) groups excluding carboxylic acids is 2. The molecule has 1 N–H and O–H groups in total. The fourth-order valence-electron chi connectivity index (χ4n) is 6.04. The molecule has 1 heterocycles. The summed E-state index contributed by atoms with van der Waals surface area (Å²) in [5.74, 6) is 2.06. The maximum atomic E-state index is 13.0. The Hall–Kier alpha value is -4.19. The van der Waals surface area contributed by atoms with E-state index in [2.05, 4.69) is 41.7 Å². The van der Waals surface area contributed by atoms with E-state index < -0.39 is 0 Å². The Kier molecular flexibility index (Phi) is 10.4. The van der Waals surface area contributed by atoms with E-state index in [9.17, 15) is 9.59 Å². The SMILES string of the molecule is CCOc1ccc(C(=O)CCC(=O)NC2=CC(c3ccc(C4CCCCC4)cc3)CC(c3ccccc3)=N2)cc1OCC. The summed E-state index contributed by atoms with van der Waals surface area (Å²) in [6.45, 7) is 4.76. The van der Waals surface area contributed by atoms with Gasteiger partial charge in [0.1, 0.15) is 5.82 Å². The van der Waals surface area contributed by atoms with E-state index in [0.717, 1.165) is 17.7 Å². The van der Waals surface area contributed by atoms with Gasteiger partial charge in [-0.05, 0) is 73.6 Å². The van der Waals surface area contributed by atoms with Crippen LogP contribution in [0.5, 0.6) is 11.5 Å². The van der Waals surface area contributed by atoms with Crippen LogP contribution in [0.1, 0.15) is 104 Å². The van der Waals surface area contributed by atoms with E-state index in [1.165, 1.54) is 43.2 Å². The number of amides is 1. The van der Waals surface area contributed by atoms with Crippen LogP contribution in [-0.4, -0.2) is 30.6 Å². The Morgan fingerprint density at radius 2 is 1.51 bits per heavy atom. The largest absolute Gasteiger partial charge is 0.490 e. The van der Waals surface area contributed by atoms with Crippen molar-refractivity contribution in [2.45, 2.75) is 77.0 Å². The van der Waals surface area contributed by atoms with Crippen molar-refractivity contribution < 1.29 is 19.1 Å². The van der Waals surface area contributed by atoms with Crippen LogP contribution < -0.4 is 14.8 Å². The molecular weight excluding hydrogens is 536 g/mol. The number of nitrogens with one attached hydrogen (secondary N) is 1. The van der Waals surface area contributed by atoms with Crippen molar-refractivity contribution in [2.75, 3.05) is 13.2 Å². The minimum absolute atomic E-state index is 0.0598. The van der Waals surface area contributed by atoms with Crippen molar-refractivity contribution in [2.24, 2.45) is 4.99 Å².